The maximum absolute atomic E-state index is 11.7. The first-order valence-corrected chi connectivity index (χ1v) is 5.40. The van der Waals surface area contributed by atoms with Gasteiger partial charge in [0.15, 0.2) is 6.61 Å². The van der Waals surface area contributed by atoms with Crippen molar-refractivity contribution in [3.8, 4) is 5.75 Å². The van der Waals surface area contributed by atoms with E-state index in [0.717, 1.165) is 0 Å². The van der Waals surface area contributed by atoms with E-state index in [1.165, 1.54) is 0 Å². The molecule has 0 atom stereocenters. The number of hydrogen-bond donors (Lipinski definition) is 3. The number of ether oxygens (including phenoxy) is 1. The summed E-state index contributed by atoms with van der Waals surface area (Å²) in [6.07, 6.45) is 0. The highest BCUT2D eigenvalue weighted by Crippen LogP contribution is 2.18. The third-order valence-electron chi connectivity index (χ3n) is 2.06. The normalized spacial score (nSPS) is 10.3. The van der Waals surface area contributed by atoms with Crippen molar-refractivity contribution in [3.05, 3.63) is 24.3 Å². The van der Waals surface area contributed by atoms with Gasteiger partial charge in [-0.1, -0.05) is 6.07 Å². The number of rotatable bonds is 5. The van der Waals surface area contributed by atoms with E-state index in [9.17, 15) is 9.59 Å². The molecule has 0 aromatic heterocycles. The van der Waals surface area contributed by atoms with Crippen molar-refractivity contribution in [1.29, 1.82) is 0 Å². The topological polar surface area (TPSA) is 107 Å². The van der Waals surface area contributed by atoms with Gasteiger partial charge >= 0.3 is 0 Å². The highest BCUT2D eigenvalue weighted by atomic mass is 35.5. The Morgan fingerprint density at radius 2 is 2.00 bits per heavy atom. The molecule has 0 spiro atoms. The van der Waals surface area contributed by atoms with Crippen LogP contribution in [0.25, 0.3) is 0 Å². The highest BCUT2D eigenvalue weighted by molar-refractivity contribution is 5.97. The van der Waals surface area contributed by atoms with Crippen LogP contribution >= 0.6 is 12.4 Å². The van der Waals surface area contributed by atoms with Crippen LogP contribution in [-0.4, -0.2) is 24.0 Å². The van der Waals surface area contributed by atoms with Crippen LogP contribution in [0.2, 0.25) is 0 Å². The average Bonchev–Trinajstić information content (AvgIpc) is 2.25. The standard InChI is InChI=1S/C12H17N3O3.ClH/c1-12(2,14)11(17)15-8-4-3-5-9(6-8)18-7-10(13)16;/h3-6H,7,14H2,1-2H3,(H2,13,16)(H,15,17);1H. The molecule has 6 nitrogen and oxygen atoms in total. The van der Waals surface area contributed by atoms with E-state index in [1.54, 1.807) is 38.1 Å². The minimum atomic E-state index is -0.968. The summed E-state index contributed by atoms with van der Waals surface area (Å²) >= 11 is 0. The fourth-order valence-electron chi connectivity index (χ4n) is 1.11. The van der Waals surface area contributed by atoms with Crippen LogP contribution < -0.4 is 21.5 Å². The van der Waals surface area contributed by atoms with E-state index in [1.807, 2.05) is 0 Å². The van der Waals surface area contributed by atoms with Crippen molar-refractivity contribution < 1.29 is 14.3 Å². The second-order valence-electron chi connectivity index (χ2n) is 4.46. The summed E-state index contributed by atoms with van der Waals surface area (Å²) < 4.78 is 5.12. The van der Waals surface area contributed by atoms with Crippen LogP contribution in [0, 0.1) is 0 Å². The number of benzene rings is 1. The Bertz CT molecular complexity index is 458. The number of hydrogen-bond acceptors (Lipinski definition) is 4. The van der Waals surface area contributed by atoms with E-state index < -0.39 is 11.4 Å². The smallest absolute Gasteiger partial charge is 0.255 e. The van der Waals surface area contributed by atoms with Gasteiger partial charge in [-0.25, -0.2) is 0 Å². The number of carbonyl (C=O) groups is 2. The Kier molecular flexibility index (Phi) is 6.31. The molecule has 0 aliphatic carbocycles. The Morgan fingerprint density at radius 3 is 2.53 bits per heavy atom. The third kappa shape index (κ3) is 6.08. The van der Waals surface area contributed by atoms with Gasteiger partial charge in [-0.2, -0.15) is 0 Å². The number of amides is 2. The van der Waals surface area contributed by atoms with Crippen molar-refractivity contribution in [2.75, 3.05) is 11.9 Å². The van der Waals surface area contributed by atoms with Gasteiger partial charge in [-0.05, 0) is 26.0 Å². The summed E-state index contributed by atoms with van der Waals surface area (Å²) in [4.78, 5) is 22.2. The van der Waals surface area contributed by atoms with Gasteiger partial charge in [-0.15, -0.1) is 12.4 Å². The number of carbonyl (C=O) groups excluding carboxylic acids is 2. The summed E-state index contributed by atoms with van der Waals surface area (Å²) in [5, 5.41) is 2.65. The molecule has 0 radical (unpaired) electrons. The van der Waals surface area contributed by atoms with Crippen molar-refractivity contribution in [2.24, 2.45) is 11.5 Å². The fourth-order valence-corrected chi connectivity index (χ4v) is 1.11. The van der Waals surface area contributed by atoms with E-state index in [-0.39, 0.29) is 24.9 Å². The van der Waals surface area contributed by atoms with Crippen molar-refractivity contribution in [2.45, 2.75) is 19.4 Å². The number of nitrogens with two attached hydrogens (primary N) is 2. The molecule has 19 heavy (non-hydrogen) atoms. The summed E-state index contributed by atoms with van der Waals surface area (Å²) in [6, 6.07) is 6.63. The predicted octanol–water partition coefficient (Wildman–Crippen LogP) is 0.648. The molecule has 0 fully saturated rings. The maximum atomic E-state index is 11.7. The molecule has 1 aromatic carbocycles. The summed E-state index contributed by atoms with van der Waals surface area (Å²) in [5.74, 6) is -0.427. The van der Waals surface area contributed by atoms with Crippen LogP contribution in [0.15, 0.2) is 24.3 Å². The van der Waals surface area contributed by atoms with Gasteiger partial charge in [-0.3, -0.25) is 9.59 Å². The van der Waals surface area contributed by atoms with Crippen molar-refractivity contribution >= 4 is 29.9 Å². The van der Waals surface area contributed by atoms with Crippen molar-refractivity contribution in [3.63, 3.8) is 0 Å². The van der Waals surface area contributed by atoms with Crippen LogP contribution in [-0.2, 0) is 9.59 Å². The summed E-state index contributed by atoms with van der Waals surface area (Å²) in [7, 11) is 0. The van der Waals surface area contributed by atoms with Gasteiger partial charge in [0.1, 0.15) is 5.75 Å². The lowest BCUT2D eigenvalue weighted by molar-refractivity contribution is -0.120. The first-order chi connectivity index (χ1) is 8.29. The molecular weight excluding hydrogens is 270 g/mol. The molecule has 0 saturated carbocycles. The Morgan fingerprint density at radius 1 is 1.37 bits per heavy atom. The minimum Gasteiger partial charge on any atom is -0.484 e. The molecule has 0 saturated heterocycles. The lowest BCUT2D eigenvalue weighted by Crippen LogP contribution is -2.45. The molecule has 0 bridgehead atoms. The van der Waals surface area contributed by atoms with Crippen LogP contribution in [0.3, 0.4) is 0 Å². The molecule has 1 rings (SSSR count). The Balaban J connectivity index is 0.00000324. The molecule has 2 amide bonds. The minimum absolute atomic E-state index is 0. The zero-order valence-electron chi connectivity index (χ0n) is 10.8. The lowest BCUT2D eigenvalue weighted by atomic mass is 10.1. The average molecular weight is 288 g/mol. The zero-order chi connectivity index (χ0) is 13.8. The molecule has 0 heterocycles. The van der Waals surface area contributed by atoms with Gasteiger partial charge in [0, 0.05) is 11.8 Å². The second kappa shape index (κ2) is 6.96. The third-order valence-corrected chi connectivity index (χ3v) is 2.06. The number of primary amides is 1. The largest absolute Gasteiger partial charge is 0.484 e. The second-order valence-corrected chi connectivity index (χ2v) is 4.46. The molecule has 1 aromatic rings. The van der Waals surface area contributed by atoms with Gasteiger partial charge < -0.3 is 21.5 Å². The van der Waals surface area contributed by atoms with Gasteiger partial charge in [0.25, 0.3) is 5.91 Å². The monoisotopic (exact) mass is 287 g/mol. The number of nitrogens with one attached hydrogen (secondary N) is 1. The first kappa shape index (κ1) is 17.2. The Labute approximate surface area is 117 Å². The molecule has 5 N–H and O–H groups in total. The highest BCUT2D eigenvalue weighted by Gasteiger charge is 2.21. The Hall–Kier alpha value is -1.79. The van der Waals surface area contributed by atoms with Crippen molar-refractivity contribution in [1.82, 2.24) is 0 Å². The molecule has 0 unspecified atom stereocenters. The molecule has 106 valence electrons. The van der Waals surface area contributed by atoms with E-state index in [0.29, 0.717) is 11.4 Å². The van der Waals surface area contributed by atoms with E-state index in [2.05, 4.69) is 5.32 Å². The molecule has 0 aliphatic heterocycles. The molecule has 0 aliphatic rings. The SMILES string of the molecule is CC(C)(N)C(=O)Nc1cccc(OCC(N)=O)c1.Cl. The van der Waals surface area contributed by atoms with Gasteiger partial charge in [0.05, 0.1) is 5.54 Å². The number of halogens is 1. The summed E-state index contributed by atoms with van der Waals surface area (Å²) in [5.41, 5.74) is 10.2. The maximum Gasteiger partial charge on any atom is 0.255 e. The quantitative estimate of drug-likeness (QED) is 0.739. The zero-order valence-corrected chi connectivity index (χ0v) is 11.6. The van der Waals surface area contributed by atoms with E-state index >= 15 is 0 Å². The molecular formula is C12H18ClN3O3. The first-order valence-electron chi connectivity index (χ1n) is 5.40. The van der Waals surface area contributed by atoms with Gasteiger partial charge in [0.2, 0.25) is 5.91 Å². The fraction of sp³-hybridized carbons (Fsp3) is 0.333. The summed E-state index contributed by atoms with van der Waals surface area (Å²) in [6.45, 7) is 3.01. The predicted molar refractivity (Wildman–Crippen MR) is 75.3 cm³/mol. The van der Waals surface area contributed by atoms with Crippen LogP contribution in [0.1, 0.15) is 13.8 Å². The van der Waals surface area contributed by atoms with E-state index in [4.69, 9.17) is 16.2 Å². The number of anilines is 1. The van der Waals surface area contributed by atoms with Crippen LogP contribution in [0.4, 0.5) is 5.69 Å². The molecule has 7 heteroatoms. The lowest BCUT2D eigenvalue weighted by Gasteiger charge is -2.18. The van der Waals surface area contributed by atoms with Crippen LogP contribution in [0.5, 0.6) is 5.75 Å².